The molecule has 1 radical (unpaired) electrons. The average molecular weight is 113 g/mol. The molecule has 0 atom stereocenters. The van der Waals surface area contributed by atoms with E-state index < -0.39 is 5.97 Å². The van der Waals surface area contributed by atoms with Crippen LogP contribution in [0.2, 0.25) is 0 Å². The molecule has 0 fully saturated rings. The predicted molar refractivity (Wildman–Crippen MR) is 19.2 cm³/mol. The number of tetrazole rings is 1. The van der Waals surface area contributed by atoms with Crippen molar-refractivity contribution in [2.75, 3.05) is 0 Å². The summed E-state index contributed by atoms with van der Waals surface area (Å²) >= 11 is 0. The largest absolute Gasteiger partial charge is 0.424 e. The van der Waals surface area contributed by atoms with Crippen molar-refractivity contribution in [2.45, 2.75) is 0 Å². The second kappa shape index (κ2) is 1.57. The smallest absolute Gasteiger partial charge is 0.238 e. The summed E-state index contributed by atoms with van der Waals surface area (Å²) < 4.78 is 0. The van der Waals surface area contributed by atoms with Crippen molar-refractivity contribution >= 4 is 5.97 Å². The highest BCUT2D eigenvalue weighted by Crippen LogP contribution is 1.79. The van der Waals surface area contributed by atoms with Crippen molar-refractivity contribution in [3.8, 4) is 0 Å². The van der Waals surface area contributed by atoms with Crippen LogP contribution in [0.4, 0.5) is 0 Å². The van der Waals surface area contributed by atoms with Crippen molar-refractivity contribution < 1.29 is 9.90 Å². The Balaban J connectivity index is 2.93. The van der Waals surface area contributed by atoms with Gasteiger partial charge >= 0.3 is 5.97 Å². The molecule has 6 nitrogen and oxygen atoms in total. The van der Waals surface area contributed by atoms with Gasteiger partial charge in [-0.3, -0.25) is 0 Å². The third-order valence-electron chi connectivity index (χ3n) is 0.539. The molecule has 1 rings (SSSR count). The Morgan fingerprint density at radius 1 is 1.62 bits per heavy atom. The lowest BCUT2D eigenvalue weighted by molar-refractivity contribution is 0.0559. The van der Waals surface area contributed by atoms with E-state index >= 15 is 0 Å². The highest BCUT2D eigenvalue weighted by molar-refractivity contribution is 5.82. The van der Waals surface area contributed by atoms with E-state index in [9.17, 15) is 9.90 Å². The lowest BCUT2D eigenvalue weighted by atomic mass is 10.7. The number of aromatic amines is 1. The zero-order valence-corrected chi connectivity index (χ0v) is 3.66. The van der Waals surface area contributed by atoms with Crippen LogP contribution in [0, 0.1) is 0 Å². The van der Waals surface area contributed by atoms with Gasteiger partial charge in [0.2, 0.25) is 0 Å². The summed E-state index contributed by atoms with van der Waals surface area (Å²) in [5.41, 5.74) is 0. The Morgan fingerprint density at radius 2 is 2.38 bits per heavy atom. The molecule has 8 heavy (non-hydrogen) atoms. The Bertz CT molecular complexity index is 180. The lowest BCUT2D eigenvalue weighted by Gasteiger charge is -1.70. The average Bonchev–Trinajstić information content (AvgIpc) is 2.12. The van der Waals surface area contributed by atoms with E-state index in [1.54, 1.807) is 0 Å². The Morgan fingerprint density at radius 3 is 2.62 bits per heavy atom. The molecule has 1 aromatic rings. The zero-order chi connectivity index (χ0) is 5.98. The summed E-state index contributed by atoms with van der Waals surface area (Å²) in [6, 6.07) is 0. The molecule has 0 saturated heterocycles. The van der Waals surface area contributed by atoms with E-state index in [1.165, 1.54) is 0 Å². The highest BCUT2D eigenvalue weighted by Gasteiger charge is 2.06. The van der Waals surface area contributed by atoms with Crippen LogP contribution in [0.15, 0.2) is 0 Å². The maximum Gasteiger partial charge on any atom is 0.424 e. The fourth-order valence-corrected chi connectivity index (χ4v) is 0.246. The quantitative estimate of drug-likeness (QED) is 0.493. The summed E-state index contributed by atoms with van der Waals surface area (Å²) in [5, 5.41) is 20.8. The number of carbonyl (C=O) groups is 1. The molecule has 1 N–H and O–H groups in total. The number of carbonyl (C=O) groups excluding carboxylic acids is 1. The maximum atomic E-state index is 9.78. The fourth-order valence-electron chi connectivity index (χ4n) is 0.246. The van der Waals surface area contributed by atoms with Crippen LogP contribution in [0.5, 0.6) is 0 Å². The molecule has 0 spiro atoms. The number of aromatic nitrogens is 4. The van der Waals surface area contributed by atoms with Gasteiger partial charge in [0, 0.05) is 0 Å². The molecule has 0 aliphatic carbocycles. The minimum Gasteiger partial charge on any atom is -0.238 e. The normalized spacial score (nSPS) is 9.00. The first-order valence-corrected chi connectivity index (χ1v) is 1.76. The first kappa shape index (κ1) is 4.69. The minimum atomic E-state index is -1.41. The molecule has 0 aromatic carbocycles. The van der Waals surface area contributed by atoms with Gasteiger partial charge in [-0.2, -0.15) is 0 Å². The third kappa shape index (κ3) is 0.625. The molecule has 41 valence electrons. The van der Waals surface area contributed by atoms with Crippen LogP contribution < -0.4 is 0 Å². The van der Waals surface area contributed by atoms with Crippen molar-refractivity contribution in [3.63, 3.8) is 0 Å². The van der Waals surface area contributed by atoms with E-state index in [-0.39, 0.29) is 5.82 Å². The molecular weight excluding hydrogens is 112 g/mol. The summed E-state index contributed by atoms with van der Waals surface area (Å²) in [7, 11) is 0. The summed E-state index contributed by atoms with van der Waals surface area (Å²) in [5.74, 6) is -1.76. The van der Waals surface area contributed by atoms with Crippen molar-refractivity contribution in [3.05, 3.63) is 5.82 Å². The van der Waals surface area contributed by atoms with E-state index in [1.807, 2.05) is 5.10 Å². The van der Waals surface area contributed by atoms with Gasteiger partial charge in [-0.15, -0.1) is 5.10 Å². The fraction of sp³-hybridized carbons (Fsp3) is 0. The van der Waals surface area contributed by atoms with E-state index in [2.05, 4.69) is 15.5 Å². The Kier molecular flexibility index (Phi) is 0.918. The van der Waals surface area contributed by atoms with Crippen LogP contribution in [0.1, 0.15) is 10.6 Å². The van der Waals surface area contributed by atoms with Crippen LogP contribution in [-0.2, 0) is 5.11 Å². The number of hydrogen-bond acceptors (Lipinski definition) is 4. The number of nitrogens with zero attached hydrogens (tertiary/aromatic N) is 3. The second-order valence-electron chi connectivity index (χ2n) is 1.04. The van der Waals surface area contributed by atoms with Gasteiger partial charge in [-0.25, -0.2) is 15.0 Å². The number of H-pyrrole nitrogens is 1. The van der Waals surface area contributed by atoms with Gasteiger partial charge < -0.3 is 0 Å². The Hall–Kier alpha value is -1.46. The van der Waals surface area contributed by atoms with Gasteiger partial charge in [-0.05, 0) is 10.4 Å². The van der Waals surface area contributed by atoms with E-state index in [0.29, 0.717) is 0 Å². The number of rotatable bonds is 1. The molecular formula is C2HN4O2. The molecule has 0 amide bonds. The first-order valence-electron chi connectivity index (χ1n) is 1.76. The monoisotopic (exact) mass is 113 g/mol. The van der Waals surface area contributed by atoms with Crippen LogP contribution in [0.3, 0.4) is 0 Å². The predicted octanol–water partition coefficient (Wildman–Crippen LogP) is -1.23. The SMILES string of the molecule is [O]C(=O)c1nnn[nH]1. The van der Waals surface area contributed by atoms with Gasteiger partial charge in [0.05, 0.1) is 0 Å². The standard InChI is InChI=1S/C2HN4O2/c7-2(8)1-3-5-6-4-1/h(H,3,4,5,6). The third-order valence-corrected chi connectivity index (χ3v) is 0.539. The van der Waals surface area contributed by atoms with Gasteiger partial charge in [0.25, 0.3) is 5.82 Å². The van der Waals surface area contributed by atoms with Gasteiger partial charge in [0.15, 0.2) is 0 Å². The summed E-state index contributed by atoms with van der Waals surface area (Å²) in [6.45, 7) is 0. The second-order valence-corrected chi connectivity index (χ2v) is 1.04. The summed E-state index contributed by atoms with van der Waals surface area (Å²) in [4.78, 5) is 9.78. The van der Waals surface area contributed by atoms with Crippen LogP contribution in [-0.4, -0.2) is 26.6 Å². The lowest BCUT2D eigenvalue weighted by Crippen LogP contribution is -1.96. The maximum absolute atomic E-state index is 9.78. The molecule has 1 aromatic heterocycles. The molecule has 1 heterocycles. The molecule has 0 saturated carbocycles. The number of nitrogens with one attached hydrogen (secondary N) is 1. The molecule has 0 aliphatic heterocycles. The molecule has 0 bridgehead atoms. The summed E-state index contributed by atoms with van der Waals surface area (Å²) in [6.07, 6.45) is 0. The Labute approximate surface area is 43.5 Å². The van der Waals surface area contributed by atoms with Crippen LogP contribution in [0.25, 0.3) is 0 Å². The van der Waals surface area contributed by atoms with Crippen LogP contribution >= 0.6 is 0 Å². The van der Waals surface area contributed by atoms with Gasteiger partial charge in [0.1, 0.15) is 0 Å². The molecule has 0 aliphatic rings. The number of hydrogen-bond donors (Lipinski definition) is 1. The molecule has 6 heteroatoms. The van der Waals surface area contributed by atoms with Crippen molar-refractivity contribution in [2.24, 2.45) is 0 Å². The van der Waals surface area contributed by atoms with Gasteiger partial charge in [-0.1, -0.05) is 0 Å². The zero-order valence-electron chi connectivity index (χ0n) is 3.66. The van der Waals surface area contributed by atoms with Crippen molar-refractivity contribution in [1.82, 2.24) is 20.6 Å². The van der Waals surface area contributed by atoms with Crippen molar-refractivity contribution in [1.29, 1.82) is 0 Å². The first-order chi connectivity index (χ1) is 3.80. The van der Waals surface area contributed by atoms with E-state index in [0.717, 1.165) is 0 Å². The topological polar surface area (TPSA) is 91.4 Å². The molecule has 0 unspecified atom stereocenters. The van der Waals surface area contributed by atoms with E-state index in [4.69, 9.17) is 0 Å². The highest BCUT2D eigenvalue weighted by atomic mass is 16.4. The minimum absolute atomic E-state index is 0.356.